The first kappa shape index (κ1) is 9.89. The van der Waals surface area contributed by atoms with Crippen LogP contribution in [0.2, 0.25) is 5.02 Å². The van der Waals surface area contributed by atoms with E-state index in [1.54, 1.807) is 24.3 Å². The van der Waals surface area contributed by atoms with Crippen LogP contribution in [0.3, 0.4) is 0 Å². The molecule has 0 saturated carbocycles. The minimum atomic E-state index is -0.371. The van der Waals surface area contributed by atoms with Gasteiger partial charge in [0, 0.05) is 16.6 Å². The standard InChI is InChI=1S/C10H8ClN3O/c11-8-1-2-9-6(4-8)3-7(5-13-9)10(15)14-12/h1-5H,12H2,(H,14,15). The van der Waals surface area contributed by atoms with Crippen molar-refractivity contribution in [2.45, 2.75) is 0 Å². The molecule has 0 radical (unpaired) electrons. The number of hydrazine groups is 1. The summed E-state index contributed by atoms with van der Waals surface area (Å²) in [6.07, 6.45) is 1.47. The van der Waals surface area contributed by atoms with Crippen molar-refractivity contribution < 1.29 is 4.79 Å². The van der Waals surface area contributed by atoms with Crippen LogP contribution in [0, 0.1) is 0 Å². The summed E-state index contributed by atoms with van der Waals surface area (Å²) in [5.74, 6) is 4.65. The fourth-order valence-corrected chi connectivity index (χ4v) is 1.49. The quantitative estimate of drug-likeness (QED) is 0.436. The molecule has 5 heteroatoms. The zero-order chi connectivity index (χ0) is 10.8. The molecule has 1 aromatic carbocycles. The number of halogens is 1. The van der Waals surface area contributed by atoms with Gasteiger partial charge >= 0.3 is 0 Å². The summed E-state index contributed by atoms with van der Waals surface area (Å²) in [6.45, 7) is 0. The van der Waals surface area contributed by atoms with Crippen molar-refractivity contribution in [1.82, 2.24) is 10.4 Å². The lowest BCUT2D eigenvalue weighted by molar-refractivity contribution is 0.0953. The molecule has 2 rings (SSSR count). The van der Waals surface area contributed by atoms with Gasteiger partial charge in [0.2, 0.25) is 0 Å². The SMILES string of the molecule is NNC(=O)c1cnc2ccc(Cl)cc2c1. The summed E-state index contributed by atoms with van der Waals surface area (Å²) in [5, 5.41) is 1.42. The van der Waals surface area contributed by atoms with Gasteiger partial charge in [-0.1, -0.05) is 11.6 Å². The number of aromatic nitrogens is 1. The van der Waals surface area contributed by atoms with Crippen LogP contribution in [0.4, 0.5) is 0 Å². The van der Waals surface area contributed by atoms with Crippen LogP contribution >= 0.6 is 11.6 Å². The molecule has 76 valence electrons. The van der Waals surface area contributed by atoms with Crippen LogP contribution in [-0.2, 0) is 0 Å². The third kappa shape index (κ3) is 1.91. The van der Waals surface area contributed by atoms with E-state index in [4.69, 9.17) is 17.4 Å². The predicted molar refractivity (Wildman–Crippen MR) is 58.4 cm³/mol. The number of amides is 1. The summed E-state index contributed by atoms with van der Waals surface area (Å²) >= 11 is 5.83. The molecule has 0 fully saturated rings. The first-order valence-electron chi connectivity index (χ1n) is 4.27. The van der Waals surface area contributed by atoms with Gasteiger partial charge in [-0.2, -0.15) is 0 Å². The van der Waals surface area contributed by atoms with Gasteiger partial charge in [0.1, 0.15) is 0 Å². The predicted octanol–water partition coefficient (Wildman–Crippen LogP) is 1.49. The molecule has 1 aromatic heterocycles. The fraction of sp³-hybridized carbons (Fsp3) is 0. The Morgan fingerprint density at radius 1 is 1.40 bits per heavy atom. The first-order valence-corrected chi connectivity index (χ1v) is 4.65. The lowest BCUT2D eigenvalue weighted by Gasteiger charge is -2.01. The highest BCUT2D eigenvalue weighted by molar-refractivity contribution is 6.31. The third-order valence-electron chi connectivity index (χ3n) is 2.04. The molecule has 15 heavy (non-hydrogen) atoms. The van der Waals surface area contributed by atoms with Crippen LogP contribution < -0.4 is 11.3 Å². The number of nitrogen functional groups attached to an aromatic ring is 1. The average molecular weight is 222 g/mol. The molecule has 1 heterocycles. The smallest absolute Gasteiger partial charge is 0.266 e. The van der Waals surface area contributed by atoms with Crippen molar-refractivity contribution in [3.05, 3.63) is 41.0 Å². The summed E-state index contributed by atoms with van der Waals surface area (Å²) in [6, 6.07) is 6.98. The van der Waals surface area contributed by atoms with Crippen molar-refractivity contribution in [2.24, 2.45) is 5.84 Å². The number of rotatable bonds is 1. The molecular weight excluding hydrogens is 214 g/mol. The second kappa shape index (κ2) is 3.84. The van der Waals surface area contributed by atoms with E-state index in [9.17, 15) is 4.79 Å². The van der Waals surface area contributed by atoms with Gasteiger partial charge in [-0.3, -0.25) is 15.2 Å². The molecule has 0 aliphatic carbocycles. The number of hydrogen-bond acceptors (Lipinski definition) is 3. The summed E-state index contributed by atoms with van der Waals surface area (Å²) in [7, 11) is 0. The number of nitrogens with zero attached hydrogens (tertiary/aromatic N) is 1. The molecule has 0 bridgehead atoms. The molecule has 0 aliphatic heterocycles. The molecule has 1 amide bonds. The molecule has 0 atom stereocenters. The second-order valence-electron chi connectivity index (χ2n) is 3.03. The van der Waals surface area contributed by atoms with Crippen LogP contribution in [-0.4, -0.2) is 10.9 Å². The van der Waals surface area contributed by atoms with Crippen molar-refractivity contribution in [3.8, 4) is 0 Å². The number of nitrogens with one attached hydrogen (secondary N) is 1. The zero-order valence-corrected chi connectivity index (χ0v) is 8.45. The zero-order valence-electron chi connectivity index (χ0n) is 7.70. The van der Waals surface area contributed by atoms with Crippen LogP contribution in [0.1, 0.15) is 10.4 Å². The molecule has 0 unspecified atom stereocenters. The molecular formula is C10H8ClN3O. The third-order valence-corrected chi connectivity index (χ3v) is 2.27. The van der Waals surface area contributed by atoms with E-state index in [0.717, 1.165) is 10.9 Å². The van der Waals surface area contributed by atoms with Crippen LogP contribution in [0.25, 0.3) is 10.9 Å². The minimum absolute atomic E-state index is 0.371. The molecule has 0 aliphatic rings. The van der Waals surface area contributed by atoms with Gasteiger partial charge in [0.05, 0.1) is 11.1 Å². The Morgan fingerprint density at radius 3 is 2.93 bits per heavy atom. The Hall–Kier alpha value is -1.65. The van der Waals surface area contributed by atoms with Crippen molar-refractivity contribution in [2.75, 3.05) is 0 Å². The van der Waals surface area contributed by atoms with E-state index in [-0.39, 0.29) is 5.91 Å². The number of hydrogen-bond donors (Lipinski definition) is 2. The van der Waals surface area contributed by atoms with E-state index in [2.05, 4.69) is 4.98 Å². The van der Waals surface area contributed by atoms with Gasteiger partial charge < -0.3 is 0 Å². The Morgan fingerprint density at radius 2 is 2.20 bits per heavy atom. The van der Waals surface area contributed by atoms with Crippen molar-refractivity contribution in [3.63, 3.8) is 0 Å². The Bertz CT molecular complexity index is 527. The highest BCUT2D eigenvalue weighted by Crippen LogP contribution is 2.18. The summed E-state index contributed by atoms with van der Waals surface area (Å²) < 4.78 is 0. The van der Waals surface area contributed by atoms with Gasteiger partial charge in [-0.15, -0.1) is 0 Å². The van der Waals surface area contributed by atoms with E-state index >= 15 is 0 Å². The highest BCUT2D eigenvalue weighted by Gasteiger charge is 2.05. The Labute approximate surface area is 91.0 Å². The number of benzene rings is 1. The van der Waals surface area contributed by atoms with E-state index in [1.165, 1.54) is 6.20 Å². The summed E-state index contributed by atoms with van der Waals surface area (Å²) in [4.78, 5) is 15.3. The van der Waals surface area contributed by atoms with Crippen molar-refractivity contribution >= 4 is 28.4 Å². The van der Waals surface area contributed by atoms with Gasteiger partial charge in [-0.05, 0) is 24.3 Å². The Balaban J connectivity index is 2.59. The number of nitrogens with two attached hydrogens (primary N) is 1. The van der Waals surface area contributed by atoms with Gasteiger partial charge in [0.25, 0.3) is 5.91 Å². The Kier molecular flexibility index (Phi) is 2.53. The number of carbonyl (C=O) groups is 1. The maximum atomic E-state index is 11.2. The second-order valence-corrected chi connectivity index (χ2v) is 3.47. The molecule has 0 saturated heterocycles. The highest BCUT2D eigenvalue weighted by atomic mass is 35.5. The van der Waals surface area contributed by atoms with Crippen LogP contribution in [0.15, 0.2) is 30.5 Å². The van der Waals surface area contributed by atoms with Gasteiger partial charge in [-0.25, -0.2) is 5.84 Å². The molecule has 2 aromatic rings. The largest absolute Gasteiger partial charge is 0.290 e. The first-order chi connectivity index (χ1) is 7.20. The van der Waals surface area contributed by atoms with E-state index in [1.807, 2.05) is 5.43 Å². The minimum Gasteiger partial charge on any atom is -0.290 e. The lowest BCUT2D eigenvalue weighted by atomic mass is 10.1. The average Bonchev–Trinajstić information content (AvgIpc) is 2.27. The van der Waals surface area contributed by atoms with Crippen molar-refractivity contribution in [1.29, 1.82) is 0 Å². The summed E-state index contributed by atoms with van der Waals surface area (Å²) in [5.41, 5.74) is 3.24. The topological polar surface area (TPSA) is 68.0 Å². The molecule has 4 nitrogen and oxygen atoms in total. The number of pyridine rings is 1. The van der Waals surface area contributed by atoms with E-state index < -0.39 is 0 Å². The number of fused-ring (bicyclic) bond motifs is 1. The molecule has 3 N–H and O–H groups in total. The monoisotopic (exact) mass is 221 g/mol. The maximum Gasteiger partial charge on any atom is 0.266 e. The normalized spacial score (nSPS) is 10.3. The lowest BCUT2D eigenvalue weighted by Crippen LogP contribution is -2.30. The number of carbonyl (C=O) groups excluding carboxylic acids is 1. The maximum absolute atomic E-state index is 11.2. The molecule has 0 spiro atoms. The fourth-order valence-electron chi connectivity index (χ4n) is 1.31. The van der Waals surface area contributed by atoms with Gasteiger partial charge in [0.15, 0.2) is 0 Å². The van der Waals surface area contributed by atoms with Crippen LogP contribution in [0.5, 0.6) is 0 Å². The van der Waals surface area contributed by atoms with E-state index in [0.29, 0.717) is 10.6 Å².